The predicted octanol–water partition coefficient (Wildman–Crippen LogP) is 5.09. The van der Waals surface area contributed by atoms with Gasteiger partial charge in [0.25, 0.3) is 0 Å². The third-order valence-corrected chi connectivity index (χ3v) is 3.93. The van der Waals surface area contributed by atoms with Crippen LogP contribution in [0, 0.1) is 26.7 Å². The summed E-state index contributed by atoms with van der Waals surface area (Å²) in [6, 6.07) is 5.24. The highest BCUT2D eigenvalue weighted by Crippen LogP contribution is 2.26. The first-order valence-electron chi connectivity index (χ1n) is 7.76. The van der Waals surface area contributed by atoms with E-state index in [1.165, 1.54) is 41.5 Å². The molecule has 0 fully saturated rings. The Bertz CT molecular complexity index is 393. The Morgan fingerprint density at radius 1 is 0.947 bits per heavy atom. The van der Waals surface area contributed by atoms with E-state index in [1.54, 1.807) is 0 Å². The lowest BCUT2D eigenvalue weighted by molar-refractivity contribution is 0.439. The summed E-state index contributed by atoms with van der Waals surface area (Å²) in [5.74, 6) is 0.776. The van der Waals surface area contributed by atoms with Crippen LogP contribution in [0.2, 0.25) is 0 Å². The zero-order chi connectivity index (χ0) is 14.4. The molecule has 0 heterocycles. The molecule has 0 radical (unpaired) electrons. The molecule has 1 atom stereocenters. The van der Waals surface area contributed by atoms with Crippen LogP contribution in [0.25, 0.3) is 0 Å². The van der Waals surface area contributed by atoms with Crippen molar-refractivity contribution in [3.8, 4) is 0 Å². The summed E-state index contributed by atoms with van der Waals surface area (Å²) in [6.07, 6.45) is 3.72. The smallest absolute Gasteiger partial charge is 0.0323 e. The number of benzene rings is 1. The van der Waals surface area contributed by atoms with Crippen molar-refractivity contribution >= 4 is 0 Å². The maximum Gasteiger partial charge on any atom is 0.0323 e. The van der Waals surface area contributed by atoms with Gasteiger partial charge in [0, 0.05) is 6.04 Å². The van der Waals surface area contributed by atoms with Crippen LogP contribution in [0.5, 0.6) is 0 Å². The third-order valence-electron chi connectivity index (χ3n) is 3.93. The zero-order valence-electron chi connectivity index (χ0n) is 13.6. The number of nitrogens with one attached hydrogen (secondary N) is 1. The average molecular weight is 261 g/mol. The summed E-state index contributed by atoms with van der Waals surface area (Å²) in [5.41, 5.74) is 5.74. The molecule has 1 N–H and O–H groups in total. The fraction of sp³-hybridized carbons (Fsp3) is 0.667. The molecule has 0 aliphatic carbocycles. The van der Waals surface area contributed by atoms with Crippen molar-refractivity contribution in [1.82, 2.24) is 5.32 Å². The Morgan fingerprint density at radius 2 is 1.58 bits per heavy atom. The van der Waals surface area contributed by atoms with Gasteiger partial charge in [-0.3, -0.25) is 0 Å². The van der Waals surface area contributed by atoms with Crippen molar-refractivity contribution < 1.29 is 0 Å². The third kappa shape index (κ3) is 4.99. The first kappa shape index (κ1) is 16.2. The quantitative estimate of drug-likeness (QED) is 0.721. The van der Waals surface area contributed by atoms with Crippen LogP contribution >= 0.6 is 0 Å². The van der Waals surface area contributed by atoms with E-state index in [-0.39, 0.29) is 0 Å². The molecular formula is C18H31N. The summed E-state index contributed by atoms with van der Waals surface area (Å²) in [6.45, 7) is 14.6. The maximum atomic E-state index is 3.73. The van der Waals surface area contributed by atoms with E-state index < -0.39 is 0 Å². The van der Waals surface area contributed by atoms with Gasteiger partial charge in [-0.15, -0.1) is 0 Å². The molecule has 1 aromatic carbocycles. The van der Waals surface area contributed by atoms with Gasteiger partial charge in [-0.2, -0.15) is 0 Å². The molecule has 1 rings (SSSR count). The molecule has 0 aliphatic heterocycles. The number of aryl methyl sites for hydroxylation is 3. The first-order valence-corrected chi connectivity index (χ1v) is 7.76. The van der Waals surface area contributed by atoms with E-state index in [4.69, 9.17) is 0 Å². The molecule has 0 amide bonds. The van der Waals surface area contributed by atoms with Crippen molar-refractivity contribution in [2.45, 2.75) is 66.8 Å². The summed E-state index contributed by atoms with van der Waals surface area (Å²) >= 11 is 0. The van der Waals surface area contributed by atoms with Gasteiger partial charge in [0.15, 0.2) is 0 Å². The topological polar surface area (TPSA) is 12.0 Å². The van der Waals surface area contributed by atoms with E-state index in [9.17, 15) is 0 Å². The van der Waals surface area contributed by atoms with E-state index in [2.05, 4.69) is 59.0 Å². The highest BCUT2D eigenvalue weighted by Gasteiger charge is 2.14. The Morgan fingerprint density at radius 3 is 2.16 bits per heavy atom. The highest BCUT2D eigenvalue weighted by atomic mass is 14.9. The lowest BCUT2D eigenvalue weighted by atomic mass is 9.91. The second kappa shape index (κ2) is 7.69. The molecule has 1 heteroatoms. The minimum absolute atomic E-state index is 0.515. The largest absolute Gasteiger partial charge is 0.310 e. The molecule has 108 valence electrons. The fourth-order valence-electron chi connectivity index (χ4n) is 2.54. The van der Waals surface area contributed by atoms with Crippen molar-refractivity contribution in [1.29, 1.82) is 0 Å². The van der Waals surface area contributed by atoms with Gasteiger partial charge in [0.1, 0.15) is 0 Å². The highest BCUT2D eigenvalue weighted by molar-refractivity contribution is 5.38. The molecule has 0 aliphatic rings. The van der Waals surface area contributed by atoms with Gasteiger partial charge < -0.3 is 5.32 Å². The van der Waals surface area contributed by atoms with Crippen LogP contribution in [0.4, 0.5) is 0 Å². The van der Waals surface area contributed by atoms with E-state index >= 15 is 0 Å². The molecular weight excluding hydrogens is 230 g/mol. The summed E-state index contributed by atoms with van der Waals surface area (Å²) in [5, 5.41) is 3.73. The summed E-state index contributed by atoms with van der Waals surface area (Å²) in [4.78, 5) is 0. The van der Waals surface area contributed by atoms with E-state index in [1.807, 2.05) is 0 Å². The van der Waals surface area contributed by atoms with E-state index in [0.717, 1.165) is 12.5 Å². The van der Waals surface area contributed by atoms with Crippen LogP contribution in [0.15, 0.2) is 12.1 Å². The molecule has 0 aromatic heterocycles. The lowest BCUT2D eigenvalue weighted by Crippen LogP contribution is -2.23. The van der Waals surface area contributed by atoms with Gasteiger partial charge in [-0.1, -0.05) is 32.9 Å². The molecule has 0 bridgehead atoms. The number of hydrogen-bond donors (Lipinski definition) is 1. The summed E-state index contributed by atoms with van der Waals surface area (Å²) < 4.78 is 0. The Hall–Kier alpha value is -0.820. The minimum Gasteiger partial charge on any atom is -0.310 e. The van der Waals surface area contributed by atoms with Crippen molar-refractivity contribution in [3.63, 3.8) is 0 Å². The molecule has 19 heavy (non-hydrogen) atoms. The first-order chi connectivity index (χ1) is 8.95. The SMILES string of the molecule is CCCNC(CCC(C)C)c1cc(C)c(C)cc1C. The Balaban J connectivity index is 2.92. The van der Waals surface area contributed by atoms with Crippen LogP contribution in [0.3, 0.4) is 0 Å². The fourth-order valence-corrected chi connectivity index (χ4v) is 2.54. The number of hydrogen-bond acceptors (Lipinski definition) is 1. The second-order valence-corrected chi connectivity index (χ2v) is 6.27. The molecule has 0 saturated heterocycles. The Labute approximate surface area is 119 Å². The van der Waals surface area contributed by atoms with Crippen LogP contribution in [-0.4, -0.2) is 6.54 Å². The average Bonchev–Trinajstić information content (AvgIpc) is 2.34. The lowest BCUT2D eigenvalue weighted by Gasteiger charge is -2.23. The van der Waals surface area contributed by atoms with Gasteiger partial charge in [0.05, 0.1) is 0 Å². The molecule has 1 unspecified atom stereocenters. The normalized spacial score (nSPS) is 13.0. The molecule has 0 spiro atoms. The number of rotatable bonds is 7. The molecule has 0 saturated carbocycles. The van der Waals surface area contributed by atoms with Crippen molar-refractivity contribution in [2.75, 3.05) is 6.54 Å². The van der Waals surface area contributed by atoms with Crippen LogP contribution in [-0.2, 0) is 0 Å². The van der Waals surface area contributed by atoms with Crippen LogP contribution in [0.1, 0.15) is 68.3 Å². The minimum atomic E-state index is 0.515. The van der Waals surface area contributed by atoms with E-state index in [0.29, 0.717) is 6.04 Å². The standard InChI is InChI=1S/C18H31N/c1-7-10-19-18(9-8-13(2)3)17-12-15(5)14(4)11-16(17)6/h11-13,18-19H,7-10H2,1-6H3. The maximum absolute atomic E-state index is 3.73. The van der Waals surface area contributed by atoms with Gasteiger partial charge in [-0.25, -0.2) is 0 Å². The molecule has 1 nitrogen and oxygen atoms in total. The van der Waals surface area contributed by atoms with Gasteiger partial charge in [-0.05, 0) is 74.8 Å². The van der Waals surface area contributed by atoms with Crippen molar-refractivity contribution in [2.24, 2.45) is 5.92 Å². The second-order valence-electron chi connectivity index (χ2n) is 6.27. The van der Waals surface area contributed by atoms with Crippen molar-refractivity contribution in [3.05, 3.63) is 34.4 Å². The van der Waals surface area contributed by atoms with Gasteiger partial charge >= 0.3 is 0 Å². The zero-order valence-corrected chi connectivity index (χ0v) is 13.6. The van der Waals surface area contributed by atoms with Gasteiger partial charge in [0.2, 0.25) is 0 Å². The summed E-state index contributed by atoms with van der Waals surface area (Å²) in [7, 11) is 0. The monoisotopic (exact) mass is 261 g/mol. The predicted molar refractivity (Wildman–Crippen MR) is 85.8 cm³/mol. The Kier molecular flexibility index (Phi) is 6.57. The molecule has 1 aromatic rings. The van der Waals surface area contributed by atoms with Crippen LogP contribution < -0.4 is 5.32 Å².